The lowest BCUT2D eigenvalue weighted by Crippen LogP contribution is -2.36. The van der Waals surface area contributed by atoms with Crippen molar-refractivity contribution in [2.75, 3.05) is 0 Å². The Morgan fingerprint density at radius 3 is 2.00 bits per heavy atom. The lowest BCUT2D eigenvalue weighted by Gasteiger charge is -2.29. The molecule has 1 aliphatic carbocycles. The fourth-order valence-electron chi connectivity index (χ4n) is 1.49. The molecule has 0 amide bonds. The summed E-state index contributed by atoms with van der Waals surface area (Å²) in [6, 6.07) is 0. The first-order valence-corrected chi connectivity index (χ1v) is 3.76. The van der Waals surface area contributed by atoms with Gasteiger partial charge in [0.1, 0.15) is 0 Å². The third-order valence-corrected chi connectivity index (χ3v) is 2.15. The second-order valence-corrected chi connectivity index (χ2v) is 3.00. The summed E-state index contributed by atoms with van der Waals surface area (Å²) in [4.78, 5) is 0. The summed E-state index contributed by atoms with van der Waals surface area (Å²) in [5.74, 6) is -1.48. The normalized spacial score (nSPS) is 33.8. The zero-order valence-electron chi connectivity index (χ0n) is 6.06. The first-order chi connectivity index (χ1) is 5.02. The molecule has 1 saturated carbocycles. The molecule has 1 nitrogen and oxygen atoms in total. The zero-order chi connectivity index (χ0) is 8.48. The molecule has 0 aromatic carbocycles. The van der Waals surface area contributed by atoms with E-state index in [0.717, 1.165) is 0 Å². The second-order valence-electron chi connectivity index (χ2n) is 3.00. The van der Waals surface area contributed by atoms with Crippen LogP contribution >= 0.6 is 0 Å². The van der Waals surface area contributed by atoms with Crippen LogP contribution in [0.2, 0.25) is 0 Å². The minimum atomic E-state index is -4.21. The number of rotatable bonds is 0. The topological polar surface area (TPSA) is 20.2 Å². The lowest BCUT2D eigenvalue weighted by molar-refractivity contribution is -0.207. The molecule has 0 saturated heterocycles. The highest BCUT2D eigenvalue weighted by Gasteiger charge is 2.44. The Hall–Kier alpha value is -0.250. The third kappa shape index (κ3) is 2.09. The van der Waals surface area contributed by atoms with E-state index in [2.05, 4.69) is 0 Å². The zero-order valence-corrected chi connectivity index (χ0v) is 6.06. The van der Waals surface area contributed by atoms with Crippen LogP contribution in [0.5, 0.6) is 0 Å². The summed E-state index contributed by atoms with van der Waals surface area (Å²) in [6.07, 6.45) is -3.69. The van der Waals surface area contributed by atoms with Crippen molar-refractivity contribution in [2.24, 2.45) is 5.92 Å². The molecule has 1 aliphatic rings. The summed E-state index contributed by atoms with van der Waals surface area (Å²) in [5, 5.41) is 8.98. The van der Waals surface area contributed by atoms with Crippen LogP contribution in [0.1, 0.15) is 25.7 Å². The molecule has 0 heterocycles. The Morgan fingerprint density at radius 1 is 1.09 bits per heavy atom. The molecule has 1 fully saturated rings. The molecule has 4 heteroatoms. The van der Waals surface area contributed by atoms with E-state index < -0.39 is 18.2 Å². The van der Waals surface area contributed by atoms with Gasteiger partial charge in [-0.2, -0.15) is 13.2 Å². The van der Waals surface area contributed by atoms with Gasteiger partial charge in [0.15, 0.2) is 0 Å². The fourth-order valence-corrected chi connectivity index (χ4v) is 1.49. The first-order valence-electron chi connectivity index (χ1n) is 3.76. The molecule has 11 heavy (non-hydrogen) atoms. The molecule has 0 bridgehead atoms. The van der Waals surface area contributed by atoms with Gasteiger partial charge in [-0.3, -0.25) is 0 Å². The maximum atomic E-state index is 12.0. The largest absolute Gasteiger partial charge is 0.394 e. The van der Waals surface area contributed by atoms with Gasteiger partial charge in [-0.25, -0.2) is 0 Å². The van der Waals surface area contributed by atoms with E-state index in [0.29, 0.717) is 19.3 Å². The Morgan fingerprint density at radius 2 is 1.64 bits per heavy atom. The Kier molecular flexibility index (Phi) is 2.42. The molecule has 0 aromatic heterocycles. The van der Waals surface area contributed by atoms with Gasteiger partial charge < -0.3 is 5.11 Å². The number of aliphatic hydroxyl groups excluding tert-OH is 1. The van der Waals surface area contributed by atoms with Gasteiger partial charge >= 0.3 is 6.18 Å². The minimum absolute atomic E-state index is 0.0880. The van der Waals surface area contributed by atoms with Gasteiger partial charge in [0.2, 0.25) is 0 Å². The van der Waals surface area contributed by atoms with Crippen molar-refractivity contribution in [3.05, 3.63) is 0 Å². The standard InChI is InChI=1S/C7H11F3O/c8-7(9,10)5-3-1-2-4-6(5)11/h5-6,11H,1-4H2. The predicted molar refractivity (Wildman–Crippen MR) is 34.0 cm³/mol. The fraction of sp³-hybridized carbons (Fsp3) is 1.00. The van der Waals surface area contributed by atoms with E-state index in [1.807, 2.05) is 0 Å². The minimum Gasteiger partial charge on any atom is -0.392 e. The lowest BCUT2D eigenvalue weighted by atomic mass is 9.86. The molecule has 1 rings (SSSR count). The first kappa shape index (κ1) is 8.84. The Balaban J connectivity index is 2.55. The van der Waals surface area contributed by atoms with Crippen LogP contribution in [-0.2, 0) is 0 Å². The molecule has 2 atom stereocenters. The third-order valence-electron chi connectivity index (χ3n) is 2.15. The smallest absolute Gasteiger partial charge is 0.392 e. The van der Waals surface area contributed by atoms with E-state index in [9.17, 15) is 13.2 Å². The predicted octanol–water partition coefficient (Wildman–Crippen LogP) is 2.10. The second kappa shape index (κ2) is 3.01. The van der Waals surface area contributed by atoms with Crippen molar-refractivity contribution in [1.29, 1.82) is 0 Å². The van der Waals surface area contributed by atoms with Crippen molar-refractivity contribution in [1.82, 2.24) is 0 Å². The monoisotopic (exact) mass is 168 g/mol. The van der Waals surface area contributed by atoms with E-state index in [4.69, 9.17) is 5.11 Å². The number of alkyl halides is 3. The number of halogens is 3. The summed E-state index contributed by atoms with van der Waals surface area (Å²) in [6.45, 7) is 0. The van der Waals surface area contributed by atoms with Crippen molar-refractivity contribution in [3.63, 3.8) is 0 Å². The van der Waals surface area contributed by atoms with Crippen LogP contribution in [0, 0.1) is 5.92 Å². The van der Waals surface area contributed by atoms with Crippen molar-refractivity contribution >= 4 is 0 Å². The Bertz CT molecular complexity index is 132. The molecule has 2 unspecified atom stereocenters. The van der Waals surface area contributed by atoms with E-state index >= 15 is 0 Å². The van der Waals surface area contributed by atoms with Crippen molar-refractivity contribution < 1.29 is 18.3 Å². The summed E-state index contributed by atoms with van der Waals surface area (Å²) in [5.41, 5.74) is 0. The van der Waals surface area contributed by atoms with Crippen LogP contribution in [0.15, 0.2) is 0 Å². The highest BCUT2D eigenvalue weighted by atomic mass is 19.4. The van der Waals surface area contributed by atoms with Gasteiger partial charge in [0.05, 0.1) is 12.0 Å². The SMILES string of the molecule is OC1CCCCC1C(F)(F)F. The van der Waals surface area contributed by atoms with Crippen molar-refractivity contribution in [3.8, 4) is 0 Å². The molecular weight excluding hydrogens is 157 g/mol. The maximum Gasteiger partial charge on any atom is 0.394 e. The van der Waals surface area contributed by atoms with E-state index in [-0.39, 0.29) is 6.42 Å². The van der Waals surface area contributed by atoms with Crippen LogP contribution in [0.3, 0.4) is 0 Å². The van der Waals surface area contributed by atoms with Gasteiger partial charge in [0.25, 0.3) is 0 Å². The highest BCUT2D eigenvalue weighted by Crippen LogP contribution is 2.37. The van der Waals surface area contributed by atoms with Crippen LogP contribution in [0.25, 0.3) is 0 Å². The molecule has 0 aromatic rings. The summed E-state index contributed by atoms with van der Waals surface area (Å²) < 4.78 is 36.1. The highest BCUT2D eigenvalue weighted by molar-refractivity contribution is 4.79. The molecule has 0 spiro atoms. The van der Waals surface area contributed by atoms with Gasteiger partial charge in [-0.05, 0) is 12.8 Å². The number of hydrogen-bond acceptors (Lipinski definition) is 1. The van der Waals surface area contributed by atoms with E-state index in [1.54, 1.807) is 0 Å². The number of hydrogen-bond donors (Lipinski definition) is 1. The van der Waals surface area contributed by atoms with Crippen LogP contribution in [-0.4, -0.2) is 17.4 Å². The molecule has 66 valence electrons. The van der Waals surface area contributed by atoms with Crippen LogP contribution < -0.4 is 0 Å². The van der Waals surface area contributed by atoms with Crippen LogP contribution in [0.4, 0.5) is 13.2 Å². The average Bonchev–Trinajstić information content (AvgIpc) is 1.86. The van der Waals surface area contributed by atoms with Gasteiger partial charge in [-0.15, -0.1) is 0 Å². The summed E-state index contributed by atoms with van der Waals surface area (Å²) in [7, 11) is 0. The number of aliphatic hydroxyl groups is 1. The average molecular weight is 168 g/mol. The van der Waals surface area contributed by atoms with Crippen molar-refractivity contribution in [2.45, 2.75) is 38.0 Å². The Labute approximate surface area is 63.2 Å². The molecular formula is C7H11F3O. The van der Waals surface area contributed by atoms with Gasteiger partial charge in [0, 0.05) is 0 Å². The molecule has 0 aliphatic heterocycles. The maximum absolute atomic E-state index is 12.0. The molecule has 1 N–H and O–H groups in total. The summed E-state index contributed by atoms with van der Waals surface area (Å²) >= 11 is 0. The molecule has 0 radical (unpaired) electrons. The quantitative estimate of drug-likeness (QED) is 0.587. The van der Waals surface area contributed by atoms with Gasteiger partial charge in [-0.1, -0.05) is 12.8 Å². The van der Waals surface area contributed by atoms with E-state index in [1.165, 1.54) is 0 Å².